The summed E-state index contributed by atoms with van der Waals surface area (Å²) >= 11 is 3.33. The minimum absolute atomic E-state index is 0.0878. The van der Waals surface area contributed by atoms with E-state index in [1.165, 1.54) is 6.21 Å². The Labute approximate surface area is 160 Å². The summed E-state index contributed by atoms with van der Waals surface area (Å²) in [6.45, 7) is 5.94. The lowest BCUT2D eigenvalue weighted by molar-refractivity contribution is 0.252. The fraction of sp³-hybridized carbons (Fsp3) is 0.158. The second kappa shape index (κ2) is 9.62. The molecule has 136 valence electrons. The first-order valence-corrected chi connectivity index (χ1v) is 8.78. The lowest BCUT2D eigenvalue weighted by Gasteiger charge is -2.10. The predicted octanol–water partition coefficient (Wildman–Crippen LogP) is 4.44. The maximum atomic E-state index is 11.9. The first kappa shape index (κ1) is 19.5. The van der Waals surface area contributed by atoms with Crippen molar-refractivity contribution in [2.24, 2.45) is 5.10 Å². The van der Waals surface area contributed by atoms with E-state index in [9.17, 15) is 9.90 Å². The third-order valence-corrected chi connectivity index (χ3v) is 3.85. The molecule has 0 unspecified atom stereocenters. The summed E-state index contributed by atoms with van der Waals surface area (Å²) in [5.41, 5.74) is 4.41. The number of phenols is 1. The maximum Gasteiger partial charge on any atom is 0.339 e. The molecule has 0 saturated heterocycles. The number of urea groups is 1. The monoisotopic (exact) mass is 417 g/mol. The molecule has 0 aliphatic heterocycles. The molecule has 2 aromatic carbocycles. The largest absolute Gasteiger partial charge is 0.504 e. The van der Waals surface area contributed by atoms with Crippen molar-refractivity contribution < 1.29 is 14.6 Å². The molecule has 0 saturated carbocycles. The van der Waals surface area contributed by atoms with Crippen LogP contribution in [0.2, 0.25) is 0 Å². The van der Waals surface area contributed by atoms with E-state index >= 15 is 0 Å². The van der Waals surface area contributed by atoms with Gasteiger partial charge in [-0.15, -0.1) is 6.58 Å². The molecule has 0 fully saturated rings. The van der Waals surface area contributed by atoms with Crippen molar-refractivity contribution in [3.63, 3.8) is 0 Å². The van der Waals surface area contributed by atoms with E-state index in [4.69, 9.17) is 4.74 Å². The highest BCUT2D eigenvalue weighted by Crippen LogP contribution is 2.31. The summed E-state index contributed by atoms with van der Waals surface area (Å²) in [6, 6.07) is 10.1. The minimum atomic E-state index is -0.460. The molecule has 7 heteroatoms. The van der Waals surface area contributed by atoms with E-state index in [2.05, 4.69) is 38.4 Å². The Balaban J connectivity index is 2.05. The van der Waals surface area contributed by atoms with Crippen molar-refractivity contribution in [2.75, 3.05) is 11.9 Å². The van der Waals surface area contributed by atoms with Crippen LogP contribution < -0.4 is 15.5 Å². The lowest BCUT2D eigenvalue weighted by Crippen LogP contribution is -2.24. The number of hydrogen-bond donors (Lipinski definition) is 3. The number of allylic oxidation sites excluding steroid dienone is 1. The summed E-state index contributed by atoms with van der Waals surface area (Å²) in [5.74, 6) is 0.456. The number of ether oxygens (including phenoxy) is 1. The molecule has 0 bridgehead atoms. The van der Waals surface area contributed by atoms with Gasteiger partial charge in [-0.2, -0.15) is 5.10 Å². The third-order valence-electron chi connectivity index (χ3n) is 3.32. The standard InChI is InChI=1S/C19H20BrN3O3/c1-3-5-14-10-13(11-17(18(14)24)26-4-2)12-21-23-19(25)22-16-8-6-15(20)7-9-16/h3,6-12,24H,1,4-5H2,2H3,(H2,22,23,25)/b21-12+. The van der Waals surface area contributed by atoms with Crippen LogP contribution in [-0.4, -0.2) is 24.0 Å². The number of carbonyl (C=O) groups excluding carboxylic acids is 1. The van der Waals surface area contributed by atoms with E-state index < -0.39 is 6.03 Å². The molecule has 0 radical (unpaired) electrons. The molecular formula is C19H20BrN3O3. The number of anilines is 1. The summed E-state index contributed by atoms with van der Waals surface area (Å²) in [6.07, 6.45) is 3.66. The number of halogens is 1. The molecule has 6 nitrogen and oxygen atoms in total. The van der Waals surface area contributed by atoms with Gasteiger partial charge < -0.3 is 15.2 Å². The number of hydrazone groups is 1. The second-order valence-electron chi connectivity index (χ2n) is 5.28. The molecule has 2 amide bonds. The lowest BCUT2D eigenvalue weighted by atomic mass is 10.1. The Morgan fingerprint density at radius 1 is 1.35 bits per heavy atom. The number of benzene rings is 2. The van der Waals surface area contributed by atoms with Gasteiger partial charge in [-0.25, -0.2) is 10.2 Å². The highest BCUT2D eigenvalue weighted by atomic mass is 79.9. The van der Waals surface area contributed by atoms with Crippen LogP contribution in [-0.2, 0) is 6.42 Å². The maximum absolute atomic E-state index is 11.9. The molecular weight excluding hydrogens is 398 g/mol. The first-order chi connectivity index (χ1) is 12.5. The fourth-order valence-electron chi connectivity index (χ4n) is 2.20. The molecule has 0 heterocycles. The van der Waals surface area contributed by atoms with Crippen LogP contribution in [0.15, 0.2) is 58.6 Å². The summed E-state index contributed by atoms with van der Waals surface area (Å²) in [7, 11) is 0. The number of aromatic hydroxyl groups is 1. The molecule has 0 atom stereocenters. The van der Waals surface area contributed by atoms with E-state index in [-0.39, 0.29) is 5.75 Å². The number of rotatable bonds is 7. The van der Waals surface area contributed by atoms with Crippen LogP contribution >= 0.6 is 15.9 Å². The van der Waals surface area contributed by atoms with Crippen LogP contribution in [0.25, 0.3) is 0 Å². The summed E-state index contributed by atoms with van der Waals surface area (Å²) < 4.78 is 6.36. The van der Waals surface area contributed by atoms with Crippen LogP contribution in [0.4, 0.5) is 10.5 Å². The minimum Gasteiger partial charge on any atom is -0.504 e. The first-order valence-electron chi connectivity index (χ1n) is 7.98. The van der Waals surface area contributed by atoms with Crippen LogP contribution in [0.3, 0.4) is 0 Å². The Morgan fingerprint density at radius 3 is 2.73 bits per heavy atom. The van der Waals surface area contributed by atoms with Crippen molar-refractivity contribution in [3.8, 4) is 11.5 Å². The van der Waals surface area contributed by atoms with Crippen LogP contribution in [0.1, 0.15) is 18.1 Å². The van der Waals surface area contributed by atoms with Gasteiger partial charge in [0.05, 0.1) is 12.8 Å². The molecule has 0 aliphatic carbocycles. The topological polar surface area (TPSA) is 83.0 Å². The Bertz CT molecular complexity index is 804. The van der Waals surface area contributed by atoms with Crippen molar-refractivity contribution in [1.82, 2.24) is 5.43 Å². The molecule has 0 spiro atoms. The van der Waals surface area contributed by atoms with Crippen molar-refractivity contribution >= 4 is 33.9 Å². The molecule has 3 N–H and O–H groups in total. The number of amides is 2. The fourth-order valence-corrected chi connectivity index (χ4v) is 2.46. The van der Waals surface area contributed by atoms with E-state index in [1.54, 1.807) is 30.3 Å². The highest BCUT2D eigenvalue weighted by Gasteiger charge is 2.09. The SMILES string of the molecule is C=CCc1cc(/C=N/NC(=O)Nc2ccc(Br)cc2)cc(OCC)c1O. The molecule has 0 aliphatic rings. The van der Waals surface area contributed by atoms with Gasteiger partial charge in [-0.3, -0.25) is 0 Å². The number of phenolic OH excluding ortho intramolecular Hbond substituents is 1. The third kappa shape index (κ3) is 5.63. The molecule has 0 aromatic heterocycles. The van der Waals surface area contributed by atoms with Gasteiger partial charge in [-0.05, 0) is 55.3 Å². The van der Waals surface area contributed by atoms with Gasteiger partial charge in [0.1, 0.15) is 0 Å². The number of hydrogen-bond acceptors (Lipinski definition) is 4. The van der Waals surface area contributed by atoms with E-state index in [0.717, 1.165) is 4.47 Å². The quantitative estimate of drug-likeness (QED) is 0.353. The number of nitrogens with one attached hydrogen (secondary N) is 2. The zero-order valence-electron chi connectivity index (χ0n) is 14.3. The van der Waals surface area contributed by atoms with Crippen molar-refractivity contribution in [3.05, 3.63) is 64.7 Å². The van der Waals surface area contributed by atoms with Gasteiger partial charge in [-0.1, -0.05) is 22.0 Å². The van der Waals surface area contributed by atoms with Gasteiger partial charge >= 0.3 is 6.03 Å². The highest BCUT2D eigenvalue weighted by molar-refractivity contribution is 9.10. The Kier molecular flexibility index (Phi) is 7.23. The Hall–Kier alpha value is -2.80. The zero-order valence-corrected chi connectivity index (χ0v) is 15.9. The average Bonchev–Trinajstić information content (AvgIpc) is 2.61. The summed E-state index contributed by atoms with van der Waals surface area (Å²) in [5, 5.41) is 16.8. The smallest absolute Gasteiger partial charge is 0.339 e. The van der Waals surface area contributed by atoms with E-state index in [0.29, 0.717) is 35.6 Å². The predicted molar refractivity (Wildman–Crippen MR) is 107 cm³/mol. The average molecular weight is 418 g/mol. The number of nitrogens with zero attached hydrogens (tertiary/aromatic N) is 1. The van der Waals surface area contributed by atoms with Crippen LogP contribution in [0, 0.1) is 0 Å². The number of carbonyl (C=O) groups is 1. The molecule has 26 heavy (non-hydrogen) atoms. The van der Waals surface area contributed by atoms with Crippen LogP contribution in [0.5, 0.6) is 11.5 Å². The van der Waals surface area contributed by atoms with Gasteiger partial charge in [0.2, 0.25) is 0 Å². The summed E-state index contributed by atoms with van der Waals surface area (Å²) in [4.78, 5) is 11.9. The zero-order chi connectivity index (χ0) is 18.9. The van der Waals surface area contributed by atoms with Crippen molar-refractivity contribution in [2.45, 2.75) is 13.3 Å². The van der Waals surface area contributed by atoms with E-state index in [1.807, 2.05) is 19.1 Å². The van der Waals surface area contributed by atoms with Gasteiger partial charge in [0.25, 0.3) is 0 Å². The van der Waals surface area contributed by atoms with Gasteiger partial charge in [0, 0.05) is 15.7 Å². The van der Waals surface area contributed by atoms with Crippen molar-refractivity contribution in [1.29, 1.82) is 0 Å². The Morgan fingerprint density at radius 2 is 2.08 bits per heavy atom. The normalized spacial score (nSPS) is 10.5. The molecule has 2 rings (SSSR count). The molecule has 2 aromatic rings. The van der Waals surface area contributed by atoms with Gasteiger partial charge in [0.15, 0.2) is 11.5 Å². The second-order valence-corrected chi connectivity index (χ2v) is 6.20.